The van der Waals surface area contributed by atoms with E-state index in [2.05, 4.69) is 10.3 Å². The monoisotopic (exact) mass is 225 g/mol. The van der Waals surface area contributed by atoms with Crippen LogP contribution >= 0.6 is 0 Å². The Morgan fingerprint density at radius 3 is 2.94 bits per heavy atom. The van der Waals surface area contributed by atoms with E-state index in [4.69, 9.17) is 0 Å². The summed E-state index contributed by atoms with van der Waals surface area (Å²) in [6, 6.07) is 2.87. The predicted octanol–water partition coefficient (Wildman–Crippen LogP) is 1.56. The molecule has 0 fully saturated rings. The van der Waals surface area contributed by atoms with E-state index < -0.39 is 10.5 Å². The highest BCUT2D eigenvalue weighted by Gasteiger charge is 2.20. The Morgan fingerprint density at radius 1 is 1.69 bits per heavy atom. The summed E-state index contributed by atoms with van der Waals surface area (Å²) >= 11 is 0. The van der Waals surface area contributed by atoms with Crippen LogP contribution in [0.4, 0.5) is 11.5 Å². The highest BCUT2D eigenvalue weighted by Crippen LogP contribution is 2.21. The number of nitrogens with one attached hydrogen (secondary N) is 1. The van der Waals surface area contributed by atoms with Gasteiger partial charge in [0, 0.05) is 18.8 Å². The van der Waals surface area contributed by atoms with E-state index in [1.165, 1.54) is 18.3 Å². The van der Waals surface area contributed by atoms with Crippen molar-refractivity contribution in [2.45, 2.75) is 25.9 Å². The van der Waals surface area contributed by atoms with E-state index >= 15 is 0 Å². The van der Waals surface area contributed by atoms with E-state index in [-0.39, 0.29) is 18.1 Å². The van der Waals surface area contributed by atoms with Crippen molar-refractivity contribution in [1.29, 1.82) is 0 Å². The molecule has 2 N–H and O–H groups in total. The Labute approximate surface area is 93.5 Å². The summed E-state index contributed by atoms with van der Waals surface area (Å²) in [7, 11) is 0. The van der Waals surface area contributed by atoms with Crippen molar-refractivity contribution in [3.63, 3.8) is 0 Å². The number of aromatic nitrogens is 1. The van der Waals surface area contributed by atoms with Gasteiger partial charge in [0.25, 0.3) is 0 Å². The van der Waals surface area contributed by atoms with Gasteiger partial charge in [-0.25, -0.2) is 4.98 Å². The van der Waals surface area contributed by atoms with E-state index in [9.17, 15) is 15.2 Å². The minimum atomic E-state index is -0.897. The lowest BCUT2D eigenvalue weighted by Gasteiger charge is -2.21. The van der Waals surface area contributed by atoms with Crippen LogP contribution in [0, 0.1) is 10.1 Å². The maximum absolute atomic E-state index is 10.7. The molecule has 0 saturated carbocycles. The van der Waals surface area contributed by atoms with Gasteiger partial charge in [0.2, 0.25) is 5.82 Å². The Hall–Kier alpha value is -1.69. The summed E-state index contributed by atoms with van der Waals surface area (Å²) in [4.78, 5) is 14.0. The van der Waals surface area contributed by atoms with Gasteiger partial charge >= 0.3 is 5.69 Å². The van der Waals surface area contributed by atoms with Gasteiger partial charge in [0.15, 0.2) is 0 Å². The summed E-state index contributed by atoms with van der Waals surface area (Å²) in [5, 5.41) is 23.2. The maximum Gasteiger partial charge on any atom is 0.311 e. The van der Waals surface area contributed by atoms with Gasteiger partial charge in [-0.05, 0) is 19.4 Å². The first kappa shape index (κ1) is 12.4. The fraction of sp³-hybridized carbons (Fsp3) is 0.500. The molecule has 0 aliphatic carbocycles. The number of hydrogen-bond acceptors (Lipinski definition) is 5. The molecule has 88 valence electrons. The Morgan fingerprint density at radius 2 is 2.38 bits per heavy atom. The normalized spacial score (nSPS) is 14.2. The fourth-order valence-corrected chi connectivity index (χ4v) is 1.08. The lowest BCUT2D eigenvalue weighted by molar-refractivity contribution is -0.384. The number of pyridine rings is 1. The molecule has 1 aromatic rings. The first-order valence-electron chi connectivity index (χ1n) is 5.02. The van der Waals surface area contributed by atoms with Gasteiger partial charge in [0.1, 0.15) is 0 Å². The second-order valence-electron chi connectivity index (χ2n) is 3.83. The van der Waals surface area contributed by atoms with Gasteiger partial charge in [-0.2, -0.15) is 0 Å². The van der Waals surface area contributed by atoms with Crippen molar-refractivity contribution >= 4 is 11.5 Å². The van der Waals surface area contributed by atoms with Gasteiger partial charge in [-0.3, -0.25) is 10.1 Å². The zero-order valence-corrected chi connectivity index (χ0v) is 9.30. The van der Waals surface area contributed by atoms with Crippen molar-refractivity contribution < 1.29 is 10.0 Å². The zero-order chi connectivity index (χ0) is 12.2. The Bertz CT molecular complexity index is 379. The highest BCUT2D eigenvalue weighted by atomic mass is 16.6. The van der Waals surface area contributed by atoms with Gasteiger partial charge in [0.05, 0.1) is 10.5 Å². The molecule has 0 saturated heterocycles. The van der Waals surface area contributed by atoms with Crippen LogP contribution in [0.5, 0.6) is 0 Å². The summed E-state index contributed by atoms with van der Waals surface area (Å²) < 4.78 is 0. The standard InChI is InChI=1S/C10H15N3O3/c1-3-10(2,14)7-12-9-8(13(15)16)5-4-6-11-9/h4-6,14H,3,7H2,1-2H3,(H,11,12)/t10-/m0/s1. The van der Waals surface area contributed by atoms with Crippen molar-refractivity contribution in [2.75, 3.05) is 11.9 Å². The number of rotatable bonds is 5. The topological polar surface area (TPSA) is 88.3 Å². The molecule has 6 nitrogen and oxygen atoms in total. The van der Waals surface area contributed by atoms with Gasteiger partial charge in [-0.1, -0.05) is 6.92 Å². The molecule has 0 aliphatic heterocycles. The molecule has 1 aromatic heterocycles. The Kier molecular flexibility index (Phi) is 3.78. The largest absolute Gasteiger partial charge is 0.388 e. The maximum atomic E-state index is 10.7. The van der Waals surface area contributed by atoms with Crippen LogP contribution in [-0.4, -0.2) is 27.2 Å². The first-order valence-corrected chi connectivity index (χ1v) is 5.02. The first-order chi connectivity index (χ1) is 7.46. The smallest absolute Gasteiger partial charge is 0.311 e. The van der Waals surface area contributed by atoms with E-state index in [1.54, 1.807) is 6.92 Å². The summed E-state index contributed by atoms with van der Waals surface area (Å²) in [5.41, 5.74) is -0.986. The molecule has 0 radical (unpaired) electrons. The third-order valence-corrected chi connectivity index (χ3v) is 2.38. The van der Waals surface area contributed by atoms with Crippen molar-refractivity contribution in [1.82, 2.24) is 4.98 Å². The minimum Gasteiger partial charge on any atom is -0.388 e. The second-order valence-corrected chi connectivity index (χ2v) is 3.83. The van der Waals surface area contributed by atoms with Crippen LogP contribution in [0.1, 0.15) is 20.3 Å². The van der Waals surface area contributed by atoms with E-state index in [1.807, 2.05) is 6.92 Å². The molecule has 0 amide bonds. The van der Waals surface area contributed by atoms with Crippen LogP contribution in [0.25, 0.3) is 0 Å². The number of nitro groups is 1. The predicted molar refractivity (Wildman–Crippen MR) is 60.3 cm³/mol. The number of hydrogen-bond donors (Lipinski definition) is 2. The molecule has 0 spiro atoms. The van der Waals surface area contributed by atoms with Crippen LogP contribution in [0.15, 0.2) is 18.3 Å². The molecule has 0 unspecified atom stereocenters. The number of aliphatic hydroxyl groups is 1. The van der Waals surface area contributed by atoms with Crippen LogP contribution in [-0.2, 0) is 0 Å². The molecule has 1 rings (SSSR count). The molecular formula is C10H15N3O3. The van der Waals surface area contributed by atoms with Crippen molar-refractivity contribution in [3.05, 3.63) is 28.4 Å². The van der Waals surface area contributed by atoms with Crippen molar-refractivity contribution in [3.8, 4) is 0 Å². The highest BCUT2D eigenvalue weighted by molar-refractivity contribution is 5.55. The zero-order valence-electron chi connectivity index (χ0n) is 9.30. The second kappa shape index (κ2) is 4.89. The molecule has 0 aromatic carbocycles. The average molecular weight is 225 g/mol. The molecule has 0 bridgehead atoms. The lowest BCUT2D eigenvalue weighted by Crippen LogP contribution is -2.32. The van der Waals surface area contributed by atoms with E-state index in [0.717, 1.165) is 0 Å². The molecule has 16 heavy (non-hydrogen) atoms. The third-order valence-electron chi connectivity index (χ3n) is 2.38. The minimum absolute atomic E-state index is 0.0885. The van der Waals surface area contributed by atoms with Gasteiger partial charge < -0.3 is 10.4 Å². The summed E-state index contributed by atoms with van der Waals surface area (Å²) in [5.74, 6) is 0.182. The molecule has 6 heteroatoms. The van der Waals surface area contributed by atoms with Gasteiger partial charge in [-0.15, -0.1) is 0 Å². The number of anilines is 1. The molecular weight excluding hydrogens is 210 g/mol. The van der Waals surface area contributed by atoms with Crippen LogP contribution < -0.4 is 5.32 Å². The number of nitrogens with zero attached hydrogens (tertiary/aromatic N) is 2. The van der Waals surface area contributed by atoms with Crippen LogP contribution in [0.2, 0.25) is 0 Å². The molecule has 1 heterocycles. The molecule has 0 aliphatic rings. The quantitative estimate of drug-likeness (QED) is 0.586. The lowest BCUT2D eigenvalue weighted by atomic mass is 10.0. The third kappa shape index (κ3) is 3.16. The van der Waals surface area contributed by atoms with E-state index in [0.29, 0.717) is 6.42 Å². The SMILES string of the molecule is CC[C@](C)(O)CNc1ncccc1[N+](=O)[O-]. The summed E-state index contributed by atoms with van der Waals surface area (Å²) in [6.07, 6.45) is 2.02. The molecule has 1 atom stereocenters. The van der Waals surface area contributed by atoms with Crippen LogP contribution in [0.3, 0.4) is 0 Å². The summed E-state index contributed by atoms with van der Waals surface area (Å²) in [6.45, 7) is 3.73. The fourth-order valence-electron chi connectivity index (χ4n) is 1.08. The average Bonchev–Trinajstić information content (AvgIpc) is 2.27. The van der Waals surface area contributed by atoms with Crippen molar-refractivity contribution in [2.24, 2.45) is 0 Å². The Balaban J connectivity index is 2.78.